The van der Waals surface area contributed by atoms with Gasteiger partial charge in [-0.1, -0.05) is 31.0 Å². The van der Waals surface area contributed by atoms with Gasteiger partial charge in [0.1, 0.15) is 11.3 Å². The molecule has 1 heterocycles. The Labute approximate surface area is 136 Å². The summed E-state index contributed by atoms with van der Waals surface area (Å²) in [6, 6.07) is 7.45. The number of nitrogens with one attached hydrogen (secondary N) is 1. The van der Waals surface area contributed by atoms with E-state index in [1.807, 2.05) is 24.3 Å². The Kier molecular flexibility index (Phi) is 3.51. The fourth-order valence-electron chi connectivity index (χ4n) is 3.73. The van der Waals surface area contributed by atoms with E-state index in [1.54, 1.807) is 0 Å². The molecule has 1 N–H and O–H groups in total. The van der Waals surface area contributed by atoms with Crippen molar-refractivity contribution in [3.8, 4) is 5.75 Å². The number of hydrogen-bond donors (Lipinski definition) is 1. The van der Waals surface area contributed by atoms with Crippen LogP contribution < -0.4 is 10.1 Å². The lowest BCUT2D eigenvalue weighted by Gasteiger charge is -2.28. The molecule has 4 rings (SSSR count). The lowest BCUT2D eigenvalue weighted by molar-refractivity contribution is -0.131. The van der Waals surface area contributed by atoms with Crippen molar-refractivity contribution in [1.82, 2.24) is 10.2 Å². The van der Waals surface area contributed by atoms with Crippen molar-refractivity contribution in [1.29, 1.82) is 0 Å². The first-order valence-electron chi connectivity index (χ1n) is 8.57. The number of para-hydroxylation sites is 1. The van der Waals surface area contributed by atoms with Gasteiger partial charge in [0.2, 0.25) is 0 Å². The van der Waals surface area contributed by atoms with E-state index in [2.05, 4.69) is 5.32 Å². The van der Waals surface area contributed by atoms with E-state index < -0.39 is 5.54 Å². The molecule has 0 radical (unpaired) electrons. The monoisotopic (exact) mass is 314 g/mol. The first-order valence-corrected chi connectivity index (χ1v) is 8.57. The molecular weight excluding hydrogens is 292 g/mol. The molecule has 0 bridgehead atoms. The van der Waals surface area contributed by atoms with E-state index in [4.69, 9.17) is 4.74 Å². The first-order chi connectivity index (χ1) is 11.2. The third-order valence-corrected chi connectivity index (χ3v) is 5.35. The molecular formula is C18H22N2O3. The van der Waals surface area contributed by atoms with Gasteiger partial charge in [-0.25, -0.2) is 4.79 Å². The summed E-state index contributed by atoms with van der Waals surface area (Å²) in [6.45, 7) is 0.287. The number of hydrogen-bond acceptors (Lipinski definition) is 3. The van der Waals surface area contributed by atoms with Gasteiger partial charge in [-0.3, -0.25) is 9.69 Å². The van der Waals surface area contributed by atoms with Crippen LogP contribution in [0.4, 0.5) is 4.79 Å². The smallest absolute Gasteiger partial charge is 0.325 e. The summed E-state index contributed by atoms with van der Waals surface area (Å²) in [5.41, 5.74) is 0.263. The van der Waals surface area contributed by atoms with Gasteiger partial charge < -0.3 is 10.1 Å². The normalized spacial score (nSPS) is 23.2. The molecule has 0 unspecified atom stereocenters. The van der Waals surface area contributed by atoms with Crippen molar-refractivity contribution in [2.24, 2.45) is 0 Å². The summed E-state index contributed by atoms with van der Waals surface area (Å²) in [5, 5.41) is 2.93. The van der Waals surface area contributed by atoms with Crippen LogP contribution in [0.25, 0.3) is 0 Å². The van der Waals surface area contributed by atoms with E-state index in [0.29, 0.717) is 0 Å². The number of nitrogens with zero attached hydrogens (tertiary/aromatic N) is 1. The molecule has 2 aliphatic carbocycles. The van der Waals surface area contributed by atoms with Gasteiger partial charge in [0.15, 0.2) is 0 Å². The second-order valence-corrected chi connectivity index (χ2v) is 6.89. The number of amides is 3. The van der Waals surface area contributed by atoms with Gasteiger partial charge >= 0.3 is 6.03 Å². The van der Waals surface area contributed by atoms with Crippen LogP contribution in [0, 0.1) is 0 Å². The van der Waals surface area contributed by atoms with Crippen LogP contribution in [0.3, 0.4) is 0 Å². The van der Waals surface area contributed by atoms with Gasteiger partial charge in [0, 0.05) is 5.56 Å². The summed E-state index contributed by atoms with van der Waals surface area (Å²) in [4.78, 5) is 26.4. The summed E-state index contributed by atoms with van der Waals surface area (Å²) in [7, 11) is 0. The van der Waals surface area contributed by atoms with Gasteiger partial charge in [-0.2, -0.15) is 0 Å². The molecule has 1 saturated heterocycles. The Hall–Kier alpha value is -2.04. The van der Waals surface area contributed by atoms with Crippen molar-refractivity contribution in [3.63, 3.8) is 0 Å². The quantitative estimate of drug-likeness (QED) is 0.869. The molecule has 3 amide bonds. The summed E-state index contributed by atoms with van der Waals surface area (Å²) in [6.07, 6.45) is 7.18. The minimum atomic E-state index is -0.638. The molecule has 1 aromatic carbocycles. The van der Waals surface area contributed by atoms with E-state index in [0.717, 1.165) is 49.8 Å². The highest BCUT2D eigenvalue weighted by Gasteiger charge is 2.52. The van der Waals surface area contributed by atoms with Gasteiger partial charge in [-0.05, 0) is 38.2 Å². The highest BCUT2D eigenvalue weighted by atomic mass is 16.5. The average Bonchev–Trinajstić information content (AvgIpc) is 3.06. The number of urea groups is 1. The minimum absolute atomic E-state index is 0.0709. The zero-order chi connectivity index (χ0) is 15.9. The summed E-state index contributed by atoms with van der Waals surface area (Å²) < 4.78 is 6.01. The lowest BCUT2D eigenvalue weighted by Crippen LogP contribution is -2.44. The highest BCUT2D eigenvalue weighted by Crippen LogP contribution is 2.36. The van der Waals surface area contributed by atoms with Crippen molar-refractivity contribution >= 4 is 11.9 Å². The topological polar surface area (TPSA) is 58.6 Å². The number of carbonyl (C=O) groups excluding carboxylic acids is 2. The van der Waals surface area contributed by atoms with Crippen LogP contribution in [-0.2, 0) is 11.3 Å². The van der Waals surface area contributed by atoms with Crippen molar-refractivity contribution in [3.05, 3.63) is 29.8 Å². The highest BCUT2D eigenvalue weighted by molar-refractivity contribution is 6.07. The molecule has 2 saturated carbocycles. The maximum Gasteiger partial charge on any atom is 0.325 e. The number of ether oxygens (including phenoxy) is 1. The van der Waals surface area contributed by atoms with Gasteiger partial charge in [-0.15, -0.1) is 0 Å². The molecule has 0 aromatic heterocycles. The zero-order valence-electron chi connectivity index (χ0n) is 13.2. The molecule has 0 atom stereocenters. The summed E-state index contributed by atoms with van der Waals surface area (Å²) >= 11 is 0. The predicted octanol–water partition coefficient (Wildman–Crippen LogP) is 2.98. The SMILES string of the molecule is O=C1NC2(CCCC2)C(=O)N1Cc1ccccc1OC1CCC1. The largest absolute Gasteiger partial charge is 0.490 e. The van der Waals surface area contributed by atoms with E-state index >= 15 is 0 Å². The van der Waals surface area contributed by atoms with Crippen LogP contribution in [0.1, 0.15) is 50.5 Å². The molecule has 23 heavy (non-hydrogen) atoms. The Balaban J connectivity index is 1.53. The average molecular weight is 314 g/mol. The molecule has 1 aromatic rings. The Bertz CT molecular complexity index is 633. The Morgan fingerprint density at radius 3 is 2.57 bits per heavy atom. The number of carbonyl (C=O) groups is 2. The number of imide groups is 1. The van der Waals surface area contributed by atoms with Crippen LogP contribution >= 0.6 is 0 Å². The molecule has 1 spiro atoms. The third kappa shape index (κ3) is 2.48. The van der Waals surface area contributed by atoms with Crippen LogP contribution in [-0.4, -0.2) is 28.5 Å². The van der Waals surface area contributed by atoms with Crippen LogP contribution in [0.5, 0.6) is 5.75 Å². The number of rotatable bonds is 4. The molecule has 1 aliphatic heterocycles. The number of benzene rings is 1. The summed E-state index contributed by atoms with van der Waals surface area (Å²) in [5.74, 6) is 0.726. The maximum atomic E-state index is 12.7. The second kappa shape index (κ2) is 5.55. The maximum absolute atomic E-state index is 12.7. The van der Waals surface area contributed by atoms with Crippen molar-refractivity contribution < 1.29 is 14.3 Å². The van der Waals surface area contributed by atoms with Crippen LogP contribution in [0.15, 0.2) is 24.3 Å². The van der Waals surface area contributed by atoms with Crippen LogP contribution in [0.2, 0.25) is 0 Å². The van der Waals surface area contributed by atoms with Crippen molar-refractivity contribution in [2.45, 2.75) is 63.1 Å². The lowest BCUT2D eigenvalue weighted by atomic mass is 9.96. The van der Waals surface area contributed by atoms with E-state index in [-0.39, 0.29) is 24.6 Å². The third-order valence-electron chi connectivity index (χ3n) is 5.35. The van der Waals surface area contributed by atoms with E-state index in [9.17, 15) is 9.59 Å². The fourth-order valence-corrected chi connectivity index (χ4v) is 3.73. The first kappa shape index (κ1) is 14.5. The molecule has 3 fully saturated rings. The molecule has 5 nitrogen and oxygen atoms in total. The molecule has 3 aliphatic rings. The standard InChI is InChI=1S/C18H22N2O3/c21-16-18(10-3-4-11-18)19-17(22)20(16)12-13-6-1-2-9-15(13)23-14-7-5-8-14/h1-2,6,9,14H,3-5,7-8,10-12H2,(H,19,22). The van der Waals surface area contributed by atoms with Crippen molar-refractivity contribution in [2.75, 3.05) is 0 Å². The molecule has 5 heteroatoms. The zero-order valence-corrected chi connectivity index (χ0v) is 13.2. The molecule has 122 valence electrons. The fraction of sp³-hybridized carbons (Fsp3) is 0.556. The Morgan fingerprint density at radius 2 is 1.87 bits per heavy atom. The van der Waals surface area contributed by atoms with Gasteiger partial charge in [0.25, 0.3) is 5.91 Å². The second-order valence-electron chi connectivity index (χ2n) is 6.89. The Morgan fingerprint density at radius 1 is 1.13 bits per heavy atom. The minimum Gasteiger partial charge on any atom is -0.490 e. The predicted molar refractivity (Wildman–Crippen MR) is 85.0 cm³/mol. The van der Waals surface area contributed by atoms with E-state index in [1.165, 1.54) is 11.3 Å². The van der Waals surface area contributed by atoms with Gasteiger partial charge in [0.05, 0.1) is 12.6 Å².